The normalized spacial score (nSPS) is 10.6. The van der Waals surface area contributed by atoms with Crippen molar-refractivity contribution < 1.29 is 4.42 Å². The van der Waals surface area contributed by atoms with E-state index in [9.17, 15) is 0 Å². The topological polar surface area (TPSA) is 25.2 Å². The van der Waals surface area contributed by atoms with Gasteiger partial charge in [-0.1, -0.05) is 23.2 Å². The zero-order valence-corrected chi connectivity index (χ0v) is 13.7. The standard InChI is InChI=1S/C11H7BrCl2INO/c12-7-2-3-8(11(14)10(7)13)16-5-6-1-4-9(15)17-6/h1-4,16H,5H2. The van der Waals surface area contributed by atoms with Gasteiger partial charge < -0.3 is 9.73 Å². The molecule has 0 unspecified atom stereocenters. The highest BCUT2D eigenvalue weighted by atomic mass is 127. The van der Waals surface area contributed by atoms with Crippen LogP contribution in [0.3, 0.4) is 0 Å². The van der Waals surface area contributed by atoms with Gasteiger partial charge in [0.05, 0.1) is 22.3 Å². The molecule has 0 radical (unpaired) electrons. The maximum absolute atomic E-state index is 6.11. The molecule has 2 aromatic rings. The van der Waals surface area contributed by atoms with E-state index in [0.717, 1.165) is 19.7 Å². The Hall–Kier alpha value is 0.0900. The molecular weight excluding hydrogens is 440 g/mol. The Labute approximate surface area is 131 Å². The van der Waals surface area contributed by atoms with Crippen LogP contribution in [0.4, 0.5) is 5.69 Å². The molecule has 6 heteroatoms. The molecule has 2 rings (SSSR count). The molecule has 1 N–H and O–H groups in total. The first-order valence-electron chi connectivity index (χ1n) is 4.69. The van der Waals surface area contributed by atoms with E-state index in [1.807, 2.05) is 24.3 Å². The van der Waals surface area contributed by atoms with Gasteiger partial charge in [0, 0.05) is 4.47 Å². The molecule has 90 valence electrons. The van der Waals surface area contributed by atoms with Crippen LogP contribution in [-0.2, 0) is 6.54 Å². The summed E-state index contributed by atoms with van der Waals surface area (Å²) in [6, 6.07) is 7.55. The van der Waals surface area contributed by atoms with Crippen molar-refractivity contribution in [2.75, 3.05) is 5.32 Å². The van der Waals surface area contributed by atoms with Crippen molar-refractivity contribution in [3.63, 3.8) is 0 Å². The Morgan fingerprint density at radius 2 is 1.94 bits per heavy atom. The second-order valence-electron chi connectivity index (χ2n) is 3.28. The van der Waals surface area contributed by atoms with Gasteiger partial charge in [0.1, 0.15) is 5.76 Å². The molecule has 0 atom stereocenters. The molecule has 0 aliphatic heterocycles. The Morgan fingerprint density at radius 1 is 1.18 bits per heavy atom. The zero-order valence-electron chi connectivity index (χ0n) is 8.44. The Morgan fingerprint density at radius 3 is 2.59 bits per heavy atom. The average Bonchev–Trinajstić information content (AvgIpc) is 2.71. The van der Waals surface area contributed by atoms with Gasteiger partial charge in [0.15, 0.2) is 3.77 Å². The van der Waals surface area contributed by atoms with Crippen molar-refractivity contribution in [2.24, 2.45) is 0 Å². The third kappa shape index (κ3) is 3.30. The minimum Gasteiger partial charge on any atom is -0.454 e. The van der Waals surface area contributed by atoms with Crippen LogP contribution in [0.15, 0.2) is 33.2 Å². The van der Waals surface area contributed by atoms with E-state index in [0.29, 0.717) is 16.6 Å². The SMILES string of the molecule is Clc1c(Br)ccc(NCc2ccc(I)o2)c1Cl. The quantitative estimate of drug-likeness (QED) is 0.493. The van der Waals surface area contributed by atoms with E-state index in [4.69, 9.17) is 27.6 Å². The average molecular weight is 447 g/mol. The third-order valence-corrected chi connectivity index (χ3v) is 4.47. The highest BCUT2D eigenvalue weighted by molar-refractivity contribution is 14.1. The second-order valence-corrected chi connectivity index (χ2v) is 5.96. The highest BCUT2D eigenvalue weighted by Gasteiger charge is 2.08. The van der Waals surface area contributed by atoms with Crippen LogP contribution in [-0.4, -0.2) is 0 Å². The number of rotatable bonds is 3. The summed E-state index contributed by atoms with van der Waals surface area (Å²) >= 11 is 17.6. The number of hydrogen-bond donors (Lipinski definition) is 1. The van der Waals surface area contributed by atoms with Crippen molar-refractivity contribution in [2.45, 2.75) is 6.54 Å². The van der Waals surface area contributed by atoms with Crippen LogP contribution in [0.2, 0.25) is 10.0 Å². The summed E-state index contributed by atoms with van der Waals surface area (Å²) in [5.74, 6) is 0.851. The monoisotopic (exact) mass is 445 g/mol. The van der Waals surface area contributed by atoms with Crippen LogP contribution in [0.25, 0.3) is 0 Å². The first kappa shape index (κ1) is 13.5. The van der Waals surface area contributed by atoms with E-state index in [1.165, 1.54) is 0 Å². The molecule has 0 aliphatic rings. The lowest BCUT2D eigenvalue weighted by molar-refractivity contribution is 0.493. The molecule has 0 bridgehead atoms. The van der Waals surface area contributed by atoms with Crippen LogP contribution in [0, 0.1) is 3.77 Å². The summed E-state index contributed by atoms with van der Waals surface area (Å²) in [5, 5.41) is 4.18. The summed E-state index contributed by atoms with van der Waals surface area (Å²) in [6.45, 7) is 0.570. The molecule has 1 aromatic carbocycles. The number of nitrogens with one attached hydrogen (secondary N) is 1. The van der Waals surface area contributed by atoms with Crippen LogP contribution < -0.4 is 5.32 Å². The summed E-state index contributed by atoms with van der Waals surface area (Å²) in [4.78, 5) is 0. The van der Waals surface area contributed by atoms with Gasteiger partial charge in [0.2, 0.25) is 0 Å². The molecule has 1 aromatic heterocycles. The van der Waals surface area contributed by atoms with Crippen molar-refractivity contribution in [3.05, 3.63) is 48.3 Å². The van der Waals surface area contributed by atoms with Gasteiger partial charge in [-0.3, -0.25) is 0 Å². The Bertz CT molecular complexity index is 544. The minimum absolute atomic E-state index is 0.502. The van der Waals surface area contributed by atoms with Crippen LogP contribution in [0.1, 0.15) is 5.76 Å². The van der Waals surface area contributed by atoms with Crippen molar-refractivity contribution in [3.8, 4) is 0 Å². The fraction of sp³-hybridized carbons (Fsp3) is 0.0909. The summed E-state index contributed by atoms with van der Waals surface area (Å²) < 4.78 is 7.08. The van der Waals surface area contributed by atoms with E-state index < -0.39 is 0 Å². The summed E-state index contributed by atoms with van der Waals surface area (Å²) in [5.41, 5.74) is 0.784. The maximum atomic E-state index is 6.11. The molecule has 2 nitrogen and oxygen atoms in total. The fourth-order valence-corrected chi connectivity index (χ4v) is 2.60. The second kappa shape index (κ2) is 5.82. The van der Waals surface area contributed by atoms with Gasteiger partial charge in [0.25, 0.3) is 0 Å². The predicted molar refractivity (Wildman–Crippen MR) is 82.9 cm³/mol. The third-order valence-electron chi connectivity index (χ3n) is 2.12. The van der Waals surface area contributed by atoms with Crippen molar-refractivity contribution in [1.29, 1.82) is 0 Å². The Kier molecular flexibility index (Phi) is 4.63. The molecule has 0 spiro atoms. The molecule has 0 saturated carbocycles. The molecule has 0 saturated heterocycles. The predicted octanol–water partition coefficient (Wildman–Crippen LogP) is 5.57. The van der Waals surface area contributed by atoms with E-state index in [-0.39, 0.29) is 0 Å². The minimum atomic E-state index is 0.502. The van der Waals surface area contributed by atoms with E-state index in [1.54, 1.807) is 0 Å². The number of benzene rings is 1. The van der Waals surface area contributed by atoms with E-state index in [2.05, 4.69) is 43.8 Å². The lowest BCUT2D eigenvalue weighted by atomic mass is 10.3. The smallest absolute Gasteiger partial charge is 0.164 e. The lowest BCUT2D eigenvalue weighted by Gasteiger charge is -2.09. The number of anilines is 1. The molecular formula is C11H7BrCl2INO. The number of hydrogen-bond acceptors (Lipinski definition) is 2. The molecule has 0 aliphatic carbocycles. The van der Waals surface area contributed by atoms with E-state index >= 15 is 0 Å². The van der Waals surface area contributed by atoms with Gasteiger partial charge in [-0.25, -0.2) is 0 Å². The van der Waals surface area contributed by atoms with Gasteiger partial charge in [-0.05, 0) is 62.8 Å². The Balaban J connectivity index is 2.12. The first-order valence-corrected chi connectivity index (χ1v) is 7.32. The maximum Gasteiger partial charge on any atom is 0.164 e. The largest absolute Gasteiger partial charge is 0.454 e. The van der Waals surface area contributed by atoms with Crippen molar-refractivity contribution >= 4 is 67.4 Å². The lowest BCUT2D eigenvalue weighted by Crippen LogP contribution is -1.99. The van der Waals surface area contributed by atoms with Crippen molar-refractivity contribution in [1.82, 2.24) is 0 Å². The summed E-state index contributed by atoms with van der Waals surface area (Å²) in [6.07, 6.45) is 0. The number of furan rings is 1. The molecule has 0 fully saturated rings. The molecule has 0 amide bonds. The van der Waals surface area contributed by atoms with Gasteiger partial charge in [-0.2, -0.15) is 0 Å². The zero-order chi connectivity index (χ0) is 12.4. The molecule has 1 heterocycles. The van der Waals surface area contributed by atoms with Crippen LogP contribution >= 0.6 is 61.7 Å². The van der Waals surface area contributed by atoms with Crippen LogP contribution in [0.5, 0.6) is 0 Å². The molecule has 17 heavy (non-hydrogen) atoms. The summed E-state index contributed by atoms with van der Waals surface area (Å²) in [7, 11) is 0. The van der Waals surface area contributed by atoms with Gasteiger partial charge in [-0.15, -0.1) is 0 Å². The van der Waals surface area contributed by atoms with Gasteiger partial charge >= 0.3 is 0 Å². The number of halogens is 4. The highest BCUT2D eigenvalue weighted by Crippen LogP contribution is 2.35. The first-order chi connectivity index (χ1) is 8.08. The fourth-order valence-electron chi connectivity index (χ4n) is 1.29.